The van der Waals surface area contributed by atoms with Gasteiger partial charge in [-0.3, -0.25) is 13.8 Å². The monoisotopic (exact) mass is 988 g/mol. The third kappa shape index (κ3) is 53.6. The number of quaternary nitrogens is 1. The minimum atomic E-state index is -4.31. The maximum Gasteiger partial charge on any atom is 0.472 e. The molecule has 0 bridgehead atoms. The van der Waals surface area contributed by atoms with Gasteiger partial charge in [-0.15, -0.1) is 0 Å². The number of rotatable bonds is 52. The maximum absolute atomic E-state index is 12.9. The van der Waals surface area contributed by atoms with Gasteiger partial charge in [0.2, 0.25) is 5.91 Å². The van der Waals surface area contributed by atoms with Crippen molar-refractivity contribution in [2.75, 3.05) is 40.9 Å². The first-order chi connectivity index (χ1) is 33.5. The topological polar surface area (TPSA) is 105 Å². The number of phosphoric ester groups is 1. The van der Waals surface area contributed by atoms with Gasteiger partial charge >= 0.3 is 7.82 Å². The summed E-state index contributed by atoms with van der Waals surface area (Å²) in [6, 6.07) is -0.758. The van der Waals surface area contributed by atoms with Gasteiger partial charge in [0.25, 0.3) is 0 Å². The molecule has 0 aromatic carbocycles. The summed E-state index contributed by atoms with van der Waals surface area (Å²) in [5.41, 5.74) is 0. The van der Waals surface area contributed by atoms with Crippen molar-refractivity contribution in [1.82, 2.24) is 5.32 Å². The standard InChI is InChI=1S/C60H111N2O6P/c1-6-8-10-12-14-16-17-18-19-20-21-22-23-24-25-26-27-28-29-30-31-32-33-34-35-36-37-38-39-40-41-42-43-44-45-46-48-50-52-54-60(64)61-58(57-68-69(65,66)67-56-55-62(3,4)5)59(63)53-51-49-47-15-13-11-9-7-2/h8,10,14,16,18-19,21-22,24-25,27-28,58-59,63H,6-7,9,11-13,15,17,20,23,26,29-57H2,1-5H3,(H-,61,64,65,66)/p+1/b10-8-,16-14-,19-18-,22-21-,25-24-,28-27-. The molecule has 0 aromatic rings. The van der Waals surface area contributed by atoms with Crippen molar-refractivity contribution < 1.29 is 32.9 Å². The Morgan fingerprint density at radius 3 is 1.28 bits per heavy atom. The van der Waals surface area contributed by atoms with E-state index in [9.17, 15) is 19.4 Å². The van der Waals surface area contributed by atoms with E-state index in [1.165, 1.54) is 148 Å². The van der Waals surface area contributed by atoms with Crippen LogP contribution >= 0.6 is 7.82 Å². The molecule has 0 saturated heterocycles. The molecular weight excluding hydrogens is 876 g/mol. The van der Waals surface area contributed by atoms with Gasteiger partial charge in [-0.25, -0.2) is 4.57 Å². The second-order valence-electron chi connectivity index (χ2n) is 20.6. The Hall–Kier alpha value is -2.06. The summed E-state index contributed by atoms with van der Waals surface area (Å²) in [6.45, 7) is 4.74. The van der Waals surface area contributed by atoms with Crippen LogP contribution in [0.3, 0.4) is 0 Å². The van der Waals surface area contributed by atoms with Crippen molar-refractivity contribution in [2.24, 2.45) is 0 Å². The normalized spacial score (nSPS) is 14.5. The SMILES string of the molecule is CC/C=C\C/C=C\C/C=C\C/C=C\C/C=C\C/C=C\CCCCCCCCCCCCCCCCCCCCCCC(=O)NC(COP(=O)(O)OCC[N+](C)(C)C)C(O)CCCCCCCCCC. The van der Waals surface area contributed by atoms with Crippen LogP contribution in [-0.4, -0.2) is 73.4 Å². The van der Waals surface area contributed by atoms with Gasteiger partial charge < -0.3 is 19.8 Å². The molecule has 0 radical (unpaired) electrons. The summed E-state index contributed by atoms with van der Waals surface area (Å²) in [4.78, 5) is 23.2. The van der Waals surface area contributed by atoms with Crippen molar-refractivity contribution in [3.8, 4) is 0 Å². The third-order valence-corrected chi connectivity index (χ3v) is 13.7. The molecule has 3 atom stereocenters. The molecule has 8 nitrogen and oxygen atoms in total. The first-order valence-corrected chi connectivity index (χ1v) is 30.3. The van der Waals surface area contributed by atoms with Crippen molar-refractivity contribution >= 4 is 13.7 Å². The molecule has 0 spiro atoms. The van der Waals surface area contributed by atoms with Gasteiger partial charge in [0, 0.05) is 6.42 Å². The predicted octanol–water partition coefficient (Wildman–Crippen LogP) is 17.5. The predicted molar refractivity (Wildman–Crippen MR) is 300 cm³/mol. The number of carbonyl (C=O) groups is 1. The number of unbranched alkanes of at least 4 members (excludes halogenated alkanes) is 27. The number of carbonyl (C=O) groups excluding carboxylic acids is 1. The Balaban J connectivity index is 3.82. The number of likely N-dealkylation sites (N-methyl/N-ethyl adjacent to an activating group) is 1. The van der Waals surface area contributed by atoms with Crippen molar-refractivity contribution in [1.29, 1.82) is 0 Å². The van der Waals surface area contributed by atoms with Crippen LogP contribution in [0.5, 0.6) is 0 Å². The van der Waals surface area contributed by atoms with E-state index in [0.29, 0.717) is 23.9 Å². The highest BCUT2D eigenvalue weighted by atomic mass is 31.2. The van der Waals surface area contributed by atoms with Crippen LogP contribution in [0.1, 0.15) is 251 Å². The highest BCUT2D eigenvalue weighted by Crippen LogP contribution is 2.43. The number of aliphatic hydroxyl groups excluding tert-OH is 1. The molecule has 3 unspecified atom stereocenters. The fraction of sp³-hybridized carbons (Fsp3) is 0.783. The Bertz CT molecular complexity index is 1350. The summed E-state index contributed by atoms with van der Waals surface area (Å²) >= 11 is 0. The summed E-state index contributed by atoms with van der Waals surface area (Å²) in [5.74, 6) is -0.146. The Labute approximate surface area is 427 Å². The first kappa shape index (κ1) is 66.9. The van der Waals surface area contributed by atoms with Gasteiger partial charge in [0.05, 0.1) is 39.9 Å². The molecule has 0 aliphatic carbocycles. The second-order valence-corrected chi connectivity index (χ2v) is 22.1. The fourth-order valence-corrected chi connectivity index (χ4v) is 8.96. The quantitative estimate of drug-likeness (QED) is 0.0243. The minimum Gasteiger partial charge on any atom is -0.391 e. The van der Waals surface area contributed by atoms with E-state index < -0.39 is 20.0 Å². The molecule has 0 heterocycles. The van der Waals surface area contributed by atoms with Crippen LogP contribution in [0.2, 0.25) is 0 Å². The number of amides is 1. The van der Waals surface area contributed by atoms with E-state index in [1.54, 1.807) is 0 Å². The van der Waals surface area contributed by atoms with E-state index in [1.807, 2.05) is 21.1 Å². The lowest BCUT2D eigenvalue weighted by Crippen LogP contribution is -2.46. The lowest BCUT2D eigenvalue weighted by molar-refractivity contribution is -0.870. The van der Waals surface area contributed by atoms with Crippen LogP contribution in [0.4, 0.5) is 0 Å². The van der Waals surface area contributed by atoms with Crippen molar-refractivity contribution in [3.63, 3.8) is 0 Å². The van der Waals surface area contributed by atoms with Gasteiger partial charge in [-0.2, -0.15) is 0 Å². The van der Waals surface area contributed by atoms with Gasteiger partial charge in [-0.1, -0.05) is 254 Å². The summed E-state index contributed by atoms with van der Waals surface area (Å²) in [7, 11) is 1.62. The molecule has 69 heavy (non-hydrogen) atoms. The van der Waals surface area contributed by atoms with Crippen LogP contribution in [0.15, 0.2) is 72.9 Å². The first-order valence-electron chi connectivity index (χ1n) is 28.8. The zero-order valence-electron chi connectivity index (χ0n) is 45.8. The second kappa shape index (κ2) is 50.9. The lowest BCUT2D eigenvalue weighted by atomic mass is 10.0. The van der Waals surface area contributed by atoms with Crippen LogP contribution in [0, 0.1) is 0 Å². The van der Waals surface area contributed by atoms with E-state index in [-0.39, 0.29) is 19.1 Å². The fourth-order valence-electron chi connectivity index (χ4n) is 8.23. The number of nitrogens with one attached hydrogen (secondary N) is 1. The molecule has 0 fully saturated rings. The molecule has 0 aliphatic rings. The molecule has 0 aliphatic heterocycles. The van der Waals surface area contributed by atoms with Gasteiger partial charge in [0.15, 0.2) is 0 Å². The number of allylic oxidation sites excluding steroid dienone is 12. The molecule has 402 valence electrons. The van der Waals surface area contributed by atoms with Crippen LogP contribution in [0.25, 0.3) is 0 Å². The number of hydrogen-bond acceptors (Lipinski definition) is 5. The van der Waals surface area contributed by atoms with Crippen LogP contribution in [-0.2, 0) is 18.4 Å². The molecule has 1 amide bonds. The molecule has 0 aromatic heterocycles. The zero-order chi connectivity index (χ0) is 50.6. The smallest absolute Gasteiger partial charge is 0.391 e. The van der Waals surface area contributed by atoms with Crippen LogP contribution < -0.4 is 5.32 Å². The number of hydrogen-bond donors (Lipinski definition) is 3. The molecule has 3 N–H and O–H groups in total. The highest BCUT2D eigenvalue weighted by molar-refractivity contribution is 7.47. The Morgan fingerprint density at radius 2 is 0.870 bits per heavy atom. The van der Waals surface area contributed by atoms with Gasteiger partial charge in [0.1, 0.15) is 13.2 Å². The maximum atomic E-state index is 12.9. The Morgan fingerprint density at radius 1 is 0.507 bits per heavy atom. The van der Waals surface area contributed by atoms with E-state index >= 15 is 0 Å². The largest absolute Gasteiger partial charge is 0.472 e. The molecule has 0 rings (SSSR count). The average Bonchev–Trinajstić information content (AvgIpc) is 3.31. The summed E-state index contributed by atoms with van der Waals surface area (Å²) < 4.78 is 23.6. The third-order valence-electron chi connectivity index (χ3n) is 12.7. The molecular formula is C60H112N2O6P+. The van der Waals surface area contributed by atoms with E-state index in [4.69, 9.17) is 9.05 Å². The van der Waals surface area contributed by atoms with Crippen molar-refractivity contribution in [3.05, 3.63) is 72.9 Å². The molecule has 9 heteroatoms. The summed E-state index contributed by atoms with van der Waals surface area (Å²) in [6.07, 6.45) is 70.0. The number of aliphatic hydroxyl groups is 1. The lowest BCUT2D eigenvalue weighted by Gasteiger charge is -2.26. The molecule has 0 saturated carbocycles. The minimum absolute atomic E-state index is 0.0741. The number of phosphoric acid groups is 1. The van der Waals surface area contributed by atoms with Gasteiger partial charge in [-0.05, 0) is 64.2 Å². The zero-order valence-corrected chi connectivity index (χ0v) is 46.7. The van der Waals surface area contributed by atoms with E-state index in [2.05, 4.69) is 92.1 Å². The summed E-state index contributed by atoms with van der Waals surface area (Å²) in [5, 5.41) is 13.9. The number of nitrogens with zero attached hydrogens (tertiary/aromatic N) is 1. The average molecular weight is 989 g/mol. The van der Waals surface area contributed by atoms with E-state index in [0.717, 1.165) is 77.0 Å². The highest BCUT2D eigenvalue weighted by Gasteiger charge is 2.28. The van der Waals surface area contributed by atoms with Crippen molar-refractivity contribution in [2.45, 2.75) is 264 Å². The Kier molecular flexibility index (Phi) is 49.3.